The molecule has 7 nitrogen and oxygen atoms in total. The Labute approximate surface area is 133 Å². The fourth-order valence-corrected chi connectivity index (χ4v) is 2.72. The Morgan fingerprint density at radius 2 is 2.26 bits per heavy atom. The Kier molecular flexibility index (Phi) is 4.36. The highest BCUT2D eigenvalue weighted by Gasteiger charge is 2.35. The maximum atomic E-state index is 12.6. The van der Waals surface area contributed by atoms with Gasteiger partial charge in [-0.2, -0.15) is 0 Å². The molecule has 1 amide bonds. The van der Waals surface area contributed by atoms with Gasteiger partial charge in [0.1, 0.15) is 18.2 Å². The Bertz CT molecular complexity index is 682. The molecule has 0 bridgehead atoms. The van der Waals surface area contributed by atoms with Crippen molar-refractivity contribution in [2.24, 2.45) is 0 Å². The van der Waals surface area contributed by atoms with Crippen LogP contribution in [0.2, 0.25) is 0 Å². The van der Waals surface area contributed by atoms with E-state index in [2.05, 4.69) is 9.97 Å². The van der Waals surface area contributed by atoms with Gasteiger partial charge in [0, 0.05) is 25.1 Å². The molecule has 2 aromatic rings. The molecule has 0 unspecified atom stereocenters. The lowest BCUT2D eigenvalue weighted by Gasteiger charge is -2.23. The van der Waals surface area contributed by atoms with E-state index in [9.17, 15) is 9.59 Å². The zero-order valence-corrected chi connectivity index (χ0v) is 12.9. The first-order chi connectivity index (χ1) is 11.2. The average molecular weight is 314 g/mol. The first kappa shape index (κ1) is 15.2. The van der Waals surface area contributed by atoms with E-state index in [1.165, 1.54) is 6.20 Å². The number of hydrogen-bond donors (Lipinski definition) is 0. The van der Waals surface area contributed by atoms with Gasteiger partial charge in [-0.3, -0.25) is 9.36 Å². The Balaban J connectivity index is 1.76. The third-order valence-corrected chi connectivity index (χ3v) is 3.84. The number of carbonyl (C=O) groups is 2. The van der Waals surface area contributed by atoms with E-state index in [4.69, 9.17) is 4.74 Å². The van der Waals surface area contributed by atoms with Crippen LogP contribution >= 0.6 is 0 Å². The van der Waals surface area contributed by atoms with E-state index < -0.39 is 6.04 Å². The SMILES string of the molecule is CCOC(=O)[C@H]1CCCN1C(=O)c1ccc(-n2ccnc2)nc1. The second-order valence-corrected chi connectivity index (χ2v) is 5.28. The maximum absolute atomic E-state index is 12.6. The van der Waals surface area contributed by atoms with E-state index in [1.807, 2.05) is 0 Å². The number of aromatic nitrogens is 3. The van der Waals surface area contributed by atoms with Crippen molar-refractivity contribution in [2.75, 3.05) is 13.2 Å². The Morgan fingerprint density at radius 1 is 1.39 bits per heavy atom. The molecule has 0 radical (unpaired) electrons. The molecule has 0 spiro atoms. The van der Waals surface area contributed by atoms with E-state index >= 15 is 0 Å². The van der Waals surface area contributed by atoms with Crippen LogP contribution in [0.25, 0.3) is 5.82 Å². The topological polar surface area (TPSA) is 77.3 Å². The fraction of sp³-hybridized carbons (Fsp3) is 0.375. The van der Waals surface area contributed by atoms with Crippen LogP contribution in [0.4, 0.5) is 0 Å². The molecule has 23 heavy (non-hydrogen) atoms. The minimum atomic E-state index is -0.490. The van der Waals surface area contributed by atoms with Crippen molar-refractivity contribution in [1.29, 1.82) is 0 Å². The molecule has 3 rings (SSSR count). The number of hydrogen-bond acceptors (Lipinski definition) is 5. The predicted molar refractivity (Wildman–Crippen MR) is 82.1 cm³/mol. The van der Waals surface area contributed by atoms with Crippen LogP contribution in [0.3, 0.4) is 0 Å². The van der Waals surface area contributed by atoms with Crippen LogP contribution in [-0.2, 0) is 9.53 Å². The molecule has 0 aromatic carbocycles. The number of nitrogens with zero attached hydrogens (tertiary/aromatic N) is 4. The molecular weight excluding hydrogens is 296 g/mol. The van der Waals surface area contributed by atoms with Gasteiger partial charge in [-0.25, -0.2) is 14.8 Å². The van der Waals surface area contributed by atoms with Crippen molar-refractivity contribution in [3.63, 3.8) is 0 Å². The Hall–Kier alpha value is -2.70. The molecule has 1 atom stereocenters. The van der Waals surface area contributed by atoms with Gasteiger partial charge in [-0.1, -0.05) is 0 Å². The summed E-state index contributed by atoms with van der Waals surface area (Å²) < 4.78 is 6.81. The summed E-state index contributed by atoms with van der Waals surface area (Å²) in [7, 11) is 0. The second-order valence-electron chi connectivity index (χ2n) is 5.28. The molecule has 3 heterocycles. The fourth-order valence-electron chi connectivity index (χ4n) is 2.72. The van der Waals surface area contributed by atoms with Crippen LogP contribution in [0.1, 0.15) is 30.1 Å². The number of ether oxygens (including phenoxy) is 1. The summed E-state index contributed by atoms with van der Waals surface area (Å²) in [6.45, 7) is 2.64. The van der Waals surface area contributed by atoms with Gasteiger partial charge in [0.2, 0.25) is 0 Å². The van der Waals surface area contributed by atoms with E-state index in [-0.39, 0.29) is 11.9 Å². The number of amides is 1. The highest BCUT2D eigenvalue weighted by molar-refractivity contribution is 5.97. The summed E-state index contributed by atoms with van der Waals surface area (Å²) in [5.74, 6) is 0.161. The molecule has 0 N–H and O–H groups in total. The van der Waals surface area contributed by atoms with Gasteiger partial charge < -0.3 is 9.64 Å². The smallest absolute Gasteiger partial charge is 0.328 e. The largest absolute Gasteiger partial charge is 0.464 e. The lowest BCUT2D eigenvalue weighted by atomic mass is 10.2. The lowest BCUT2D eigenvalue weighted by Crippen LogP contribution is -2.41. The first-order valence-electron chi connectivity index (χ1n) is 7.62. The van der Waals surface area contributed by atoms with Gasteiger partial charge in [-0.15, -0.1) is 0 Å². The highest BCUT2D eigenvalue weighted by Crippen LogP contribution is 2.21. The van der Waals surface area contributed by atoms with Gasteiger partial charge in [0.05, 0.1) is 12.2 Å². The van der Waals surface area contributed by atoms with Crippen molar-refractivity contribution in [1.82, 2.24) is 19.4 Å². The predicted octanol–water partition coefficient (Wildman–Crippen LogP) is 1.43. The number of esters is 1. The maximum Gasteiger partial charge on any atom is 0.328 e. The summed E-state index contributed by atoms with van der Waals surface area (Å²) in [6.07, 6.45) is 8.05. The molecule has 2 aromatic heterocycles. The molecule has 1 aliphatic rings. The quantitative estimate of drug-likeness (QED) is 0.798. The van der Waals surface area contributed by atoms with Crippen LogP contribution < -0.4 is 0 Å². The van der Waals surface area contributed by atoms with Crippen LogP contribution in [0.5, 0.6) is 0 Å². The Morgan fingerprint density at radius 3 is 2.91 bits per heavy atom. The summed E-state index contributed by atoms with van der Waals surface area (Å²) >= 11 is 0. The van der Waals surface area contributed by atoms with E-state index in [0.717, 1.165) is 6.42 Å². The zero-order valence-electron chi connectivity index (χ0n) is 12.9. The van der Waals surface area contributed by atoms with Crippen molar-refractivity contribution in [2.45, 2.75) is 25.8 Å². The standard InChI is InChI=1S/C16H18N4O3/c1-2-23-16(22)13-4-3-8-20(13)15(21)12-5-6-14(18-10-12)19-9-7-17-11-19/h5-7,9-11,13H,2-4,8H2,1H3/t13-/m1/s1. The lowest BCUT2D eigenvalue weighted by molar-refractivity contribution is -0.147. The molecule has 0 aliphatic carbocycles. The van der Waals surface area contributed by atoms with Crippen molar-refractivity contribution >= 4 is 11.9 Å². The molecule has 0 saturated carbocycles. The minimum Gasteiger partial charge on any atom is -0.464 e. The van der Waals surface area contributed by atoms with Crippen LogP contribution in [-0.4, -0.2) is 50.5 Å². The van der Waals surface area contributed by atoms with Gasteiger partial charge in [-0.05, 0) is 31.9 Å². The number of carbonyl (C=O) groups excluding carboxylic acids is 2. The van der Waals surface area contributed by atoms with Crippen LogP contribution in [0, 0.1) is 0 Å². The molecule has 1 fully saturated rings. The molecule has 120 valence electrons. The number of imidazole rings is 1. The van der Waals surface area contributed by atoms with Crippen molar-refractivity contribution < 1.29 is 14.3 Å². The first-order valence-corrected chi connectivity index (χ1v) is 7.62. The van der Waals surface area contributed by atoms with Gasteiger partial charge in [0.15, 0.2) is 0 Å². The summed E-state index contributed by atoms with van der Waals surface area (Å²) in [4.78, 5) is 34.4. The van der Waals surface area contributed by atoms with Gasteiger partial charge >= 0.3 is 5.97 Å². The number of rotatable bonds is 4. The highest BCUT2D eigenvalue weighted by atomic mass is 16.5. The normalized spacial score (nSPS) is 17.3. The molecular formula is C16H18N4O3. The summed E-state index contributed by atoms with van der Waals surface area (Å²) in [5, 5.41) is 0. The third-order valence-electron chi connectivity index (χ3n) is 3.84. The number of pyridine rings is 1. The molecule has 1 aliphatic heterocycles. The van der Waals surface area contributed by atoms with Gasteiger partial charge in [0.25, 0.3) is 5.91 Å². The molecule has 1 saturated heterocycles. The summed E-state index contributed by atoms with van der Waals surface area (Å²) in [5.41, 5.74) is 0.463. The van der Waals surface area contributed by atoms with Crippen LogP contribution in [0.15, 0.2) is 37.1 Å². The zero-order chi connectivity index (χ0) is 16.2. The summed E-state index contributed by atoms with van der Waals surface area (Å²) in [6, 6.07) is 2.98. The van der Waals surface area contributed by atoms with E-state index in [0.29, 0.717) is 31.0 Å². The van der Waals surface area contributed by atoms with Crippen molar-refractivity contribution in [3.05, 3.63) is 42.6 Å². The average Bonchev–Trinajstić information content (AvgIpc) is 3.26. The number of likely N-dealkylation sites (tertiary alicyclic amines) is 1. The van der Waals surface area contributed by atoms with E-state index in [1.54, 1.807) is 47.2 Å². The monoisotopic (exact) mass is 314 g/mol. The molecule has 7 heteroatoms. The van der Waals surface area contributed by atoms with Crippen molar-refractivity contribution in [3.8, 4) is 5.82 Å². The minimum absolute atomic E-state index is 0.190. The third kappa shape index (κ3) is 3.08. The second kappa shape index (κ2) is 6.60.